The van der Waals surface area contributed by atoms with Gasteiger partial charge < -0.3 is 19.3 Å². The third kappa shape index (κ3) is 9.03. The van der Waals surface area contributed by atoms with E-state index >= 15 is 0 Å². The number of likely N-dealkylation sites (tertiary alicyclic amines) is 2. The van der Waals surface area contributed by atoms with Crippen molar-refractivity contribution in [3.63, 3.8) is 0 Å². The second-order valence-electron chi connectivity index (χ2n) is 8.16. The van der Waals surface area contributed by atoms with E-state index in [2.05, 4.69) is 23.9 Å². The molecule has 0 spiro atoms. The van der Waals surface area contributed by atoms with Gasteiger partial charge in [-0.3, -0.25) is 9.59 Å². The van der Waals surface area contributed by atoms with Gasteiger partial charge in [-0.25, -0.2) is 0 Å². The van der Waals surface area contributed by atoms with Crippen molar-refractivity contribution in [3.05, 3.63) is 63.2 Å². The number of carbonyl (C=O) groups excluding carboxylic acids is 2. The molecule has 10 radical (unpaired) electrons. The Morgan fingerprint density at radius 1 is 0.677 bits per heavy atom. The summed E-state index contributed by atoms with van der Waals surface area (Å²) in [6.45, 7) is 4.05. The minimum atomic E-state index is -0.186. The van der Waals surface area contributed by atoms with E-state index < -0.39 is 0 Å². The van der Waals surface area contributed by atoms with Crippen LogP contribution in [0, 0.1) is 63.2 Å². The topological polar surface area (TPSA) is 59.1 Å². The quantitative estimate of drug-likeness (QED) is 0.465. The van der Waals surface area contributed by atoms with Crippen molar-refractivity contribution in [1.82, 2.24) is 9.80 Å². The van der Waals surface area contributed by atoms with E-state index in [-0.39, 0.29) is 41.2 Å². The Labute approximate surface area is 199 Å². The maximum absolute atomic E-state index is 11.6. The smallest absolute Gasteiger partial charge is 0.462 e. The first-order valence-electron chi connectivity index (χ1n) is 10.7. The normalized spacial score (nSPS) is 24.8. The number of esters is 2. The number of hydrogen-bond acceptors (Lipinski definition) is 6. The fourth-order valence-corrected chi connectivity index (χ4v) is 3.66. The standard InChI is InChI=1S/2C12H16NO2.Fe/c2*1-13-8-6-11(7-9-13)15-12(14)10-4-2-3-5-10;/h2*2-5,11H,6-9H2,1H3;/q;;+2. The second-order valence-corrected chi connectivity index (χ2v) is 8.16. The monoisotopic (exact) mass is 468 g/mol. The second kappa shape index (κ2) is 13.8. The van der Waals surface area contributed by atoms with Crippen LogP contribution >= 0.6 is 0 Å². The van der Waals surface area contributed by atoms with Crippen LogP contribution < -0.4 is 0 Å². The number of carbonyl (C=O) groups is 2. The van der Waals surface area contributed by atoms with Crippen LogP contribution in [0.1, 0.15) is 25.7 Å². The Morgan fingerprint density at radius 2 is 0.968 bits per heavy atom. The molecule has 0 atom stereocenters. The van der Waals surface area contributed by atoms with Gasteiger partial charge >= 0.3 is 29.0 Å². The van der Waals surface area contributed by atoms with Gasteiger partial charge in [0, 0.05) is 26.2 Å². The van der Waals surface area contributed by atoms with Gasteiger partial charge in [0.1, 0.15) is 12.2 Å². The summed E-state index contributed by atoms with van der Waals surface area (Å²) in [6, 6.07) is 0. The van der Waals surface area contributed by atoms with Gasteiger partial charge in [-0.1, -0.05) is 0 Å². The van der Waals surface area contributed by atoms with Gasteiger partial charge in [0.05, 0.1) is 11.8 Å². The SMILES string of the molecule is CN1CCC(OC(=O)[C]2[CH][CH][CH][CH]2)CC1.CN1CCC(OC(=O)[C]2[CH][CH][CH][CH]2)CC1.[Fe+2]. The largest absolute Gasteiger partial charge is 2.00 e. The first-order valence-corrected chi connectivity index (χ1v) is 10.7. The summed E-state index contributed by atoms with van der Waals surface area (Å²) in [5, 5.41) is 0. The van der Waals surface area contributed by atoms with Crippen molar-refractivity contribution < 1.29 is 36.1 Å². The van der Waals surface area contributed by atoms with Crippen LogP contribution in [0.5, 0.6) is 0 Å². The molecule has 0 amide bonds. The molecule has 2 saturated heterocycles. The first-order chi connectivity index (χ1) is 14.5. The average Bonchev–Trinajstić information content (AvgIpc) is 3.46. The molecule has 4 aliphatic rings. The van der Waals surface area contributed by atoms with Gasteiger partial charge in [-0.2, -0.15) is 0 Å². The van der Waals surface area contributed by atoms with Gasteiger partial charge in [0.2, 0.25) is 0 Å². The van der Waals surface area contributed by atoms with Crippen molar-refractivity contribution in [2.75, 3.05) is 40.3 Å². The number of ether oxygens (including phenoxy) is 2. The van der Waals surface area contributed by atoms with Gasteiger partial charge in [-0.15, -0.1) is 0 Å². The Hall–Kier alpha value is -0.621. The van der Waals surface area contributed by atoms with E-state index in [4.69, 9.17) is 9.47 Å². The van der Waals surface area contributed by atoms with Crippen LogP contribution in [0.2, 0.25) is 0 Å². The molecule has 0 aromatic carbocycles. The van der Waals surface area contributed by atoms with Crippen molar-refractivity contribution >= 4 is 11.9 Å². The summed E-state index contributed by atoms with van der Waals surface area (Å²) in [6.07, 6.45) is 18.6. The third-order valence-corrected chi connectivity index (χ3v) is 5.68. The number of piperidine rings is 2. The molecule has 2 aliphatic heterocycles. The van der Waals surface area contributed by atoms with Gasteiger partial charge in [0.15, 0.2) is 0 Å². The predicted octanol–water partition coefficient (Wildman–Crippen LogP) is 2.06. The zero-order chi connectivity index (χ0) is 21.3. The number of rotatable bonds is 4. The number of nitrogens with zero attached hydrogens (tertiary/aromatic N) is 2. The molecule has 2 aliphatic carbocycles. The van der Waals surface area contributed by atoms with E-state index in [1.807, 2.05) is 25.7 Å². The molecular weight excluding hydrogens is 436 g/mol. The Balaban J connectivity index is 0.000000213. The zero-order valence-corrected chi connectivity index (χ0v) is 19.4. The molecule has 0 bridgehead atoms. The first kappa shape index (κ1) is 26.6. The maximum atomic E-state index is 11.6. The molecule has 7 heteroatoms. The molecule has 6 nitrogen and oxygen atoms in total. The maximum Gasteiger partial charge on any atom is 2.00 e. The molecule has 168 valence electrons. The molecule has 0 aromatic heterocycles. The van der Waals surface area contributed by atoms with Crippen LogP contribution in [0.3, 0.4) is 0 Å². The van der Waals surface area contributed by atoms with Crippen molar-refractivity contribution in [1.29, 1.82) is 0 Å². The van der Waals surface area contributed by atoms with Crippen LogP contribution in [0.15, 0.2) is 0 Å². The van der Waals surface area contributed by atoms with E-state index in [1.165, 1.54) is 0 Å². The summed E-state index contributed by atoms with van der Waals surface area (Å²) >= 11 is 0. The van der Waals surface area contributed by atoms with Crippen LogP contribution in [-0.2, 0) is 36.1 Å². The summed E-state index contributed by atoms with van der Waals surface area (Å²) < 4.78 is 10.8. The third-order valence-electron chi connectivity index (χ3n) is 5.68. The fraction of sp³-hybridized carbons (Fsp3) is 0.500. The average molecular weight is 468 g/mol. The Kier molecular flexibility index (Phi) is 11.9. The molecular formula is C24H32FeN2O4+2. The van der Waals surface area contributed by atoms with E-state index in [0.717, 1.165) is 51.9 Å². The Bertz CT molecular complexity index is 486. The molecule has 0 aromatic rings. The van der Waals surface area contributed by atoms with E-state index in [0.29, 0.717) is 11.8 Å². The number of hydrogen-bond donors (Lipinski definition) is 0. The van der Waals surface area contributed by atoms with Crippen molar-refractivity contribution in [3.8, 4) is 0 Å². The summed E-state index contributed by atoms with van der Waals surface area (Å²) in [7, 11) is 4.18. The summed E-state index contributed by atoms with van der Waals surface area (Å²) in [5.41, 5.74) is 0. The van der Waals surface area contributed by atoms with Crippen LogP contribution in [-0.4, -0.2) is 74.2 Å². The summed E-state index contributed by atoms with van der Waals surface area (Å²) in [5.74, 6) is 0.951. The minimum Gasteiger partial charge on any atom is -0.462 e. The van der Waals surface area contributed by atoms with E-state index in [1.54, 1.807) is 25.7 Å². The van der Waals surface area contributed by atoms with E-state index in [9.17, 15) is 9.59 Å². The van der Waals surface area contributed by atoms with Crippen LogP contribution in [0.4, 0.5) is 0 Å². The fourth-order valence-electron chi connectivity index (χ4n) is 3.66. The van der Waals surface area contributed by atoms with Gasteiger partial charge in [0.25, 0.3) is 0 Å². The summed E-state index contributed by atoms with van der Waals surface area (Å²) in [4.78, 5) is 27.8. The molecule has 4 rings (SSSR count). The van der Waals surface area contributed by atoms with Crippen molar-refractivity contribution in [2.24, 2.45) is 0 Å². The Morgan fingerprint density at radius 3 is 1.26 bits per heavy atom. The molecule has 31 heavy (non-hydrogen) atoms. The molecule has 2 saturated carbocycles. The van der Waals surface area contributed by atoms with Gasteiger partial charge in [-0.05, 0) is 91.1 Å². The molecule has 0 N–H and O–H groups in total. The molecule has 0 unspecified atom stereocenters. The molecule has 2 heterocycles. The molecule has 4 fully saturated rings. The van der Waals surface area contributed by atoms with Crippen molar-refractivity contribution in [2.45, 2.75) is 37.9 Å². The zero-order valence-electron chi connectivity index (χ0n) is 18.3. The predicted molar refractivity (Wildman–Crippen MR) is 114 cm³/mol. The van der Waals surface area contributed by atoms with Crippen LogP contribution in [0.25, 0.3) is 0 Å². The minimum absolute atomic E-state index is 0.